The predicted molar refractivity (Wildman–Crippen MR) is 152 cm³/mol. The predicted octanol–water partition coefficient (Wildman–Crippen LogP) is 6.31. The van der Waals surface area contributed by atoms with Crippen LogP contribution in [0.4, 0.5) is 5.82 Å². The average molecular weight is 522 g/mol. The third-order valence-corrected chi connectivity index (χ3v) is 7.78. The van der Waals surface area contributed by atoms with Gasteiger partial charge in [-0.1, -0.05) is 54.4 Å². The van der Waals surface area contributed by atoms with Gasteiger partial charge >= 0.3 is 5.97 Å². The van der Waals surface area contributed by atoms with Crippen LogP contribution in [0.2, 0.25) is 0 Å². The van der Waals surface area contributed by atoms with Crippen LogP contribution in [0.3, 0.4) is 0 Å². The molecule has 1 aliphatic carbocycles. The Labute approximate surface area is 226 Å². The van der Waals surface area contributed by atoms with E-state index in [9.17, 15) is 9.90 Å². The topological polar surface area (TPSA) is 102 Å². The Kier molecular flexibility index (Phi) is 6.38. The molecule has 0 bridgehead atoms. The first-order chi connectivity index (χ1) is 18.9. The number of imidazole rings is 1. The largest absolute Gasteiger partial charge is 0.497 e. The van der Waals surface area contributed by atoms with Crippen molar-refractivity contribution >= 4 is 33.7 Å². The van der Waals surface area contributed by atoms with Crippen molar-refractivity contribution in [1.29, 1.82) is 0 Å². The Morgan fingerprint density at radius 2 is 1.79 bits per heavy atom. The summed E-state index contributed by atoms with van der Waals surface area (Å²) in [6.07, 6.45) is 3.54. The van der Waals surface area contributed by atoms with E-state index in [-0.39, 0.29) is 11.9 Å². The SMILES string of the molecule is COc1ccc2cc(-c3nc4nc(C(=O)O)nc(N[C@H](C)C5CCC5)c4n3Cc3ccc(C)cc3)ccc2c1. The van der Waals surface area contributed by atoms with Crippen molar-refractivity contribution in [3.63, 3.8) is 0 Å². The number of nitrogens with zero attached hydrogens (tertiary/aromatic N) is 4. The van der Waals surface area contributed by atoms with Crippen LogP contribution in [-0.4, -0.2) is 43.7 Å². The number of ether oxygens (including phenoxy) is 1. The molecule has 0 saturated heterocycles. The van der Waals surface area contributed by atoms with Crippen molar-refractivity contribution in [2.45, 2.75) is 45.7 Å². The molecule has 0 radical (unpaired) electrons. The molecule has 0 amide bonds. The Morgan fingerprint density at radius 1 is 1.05 bits per heavy atom. The number of anilines is 1. The summed E-state index contributed by atoms with van der Waals surface area (Å²) in [6, 6.07) is 20.7. The van der Waals surface area contributed by atoms with Gasteiger partial charge in [-0.2, -0.15) is 0 Å². The fourth-order valence-corrected chi connectivity index (χ4v) is 5.25. The maximum Gasteiger partial charge on any atom is 0.374 e. The fourth-order valence-electron chi connectivity index (χ4n) is 5.25. The van der Waals surface area contributed by atoms with Crippen LogP contribution in [0.25, 0.3) is 33.3 Å². The van der Waals surface area contributed by atoms with Crippen LogP contribution in [0, 0.1) is 12.8 Å². The van der Waals surface area contributed by atoms with Gasteiger partial charge in [0.1, 0.15) is 17.1 Å². The van der Waals surface area contributed by atoms with Gasteiger partial charge < -0.3 is 19.7 Å². The summed E-state index contributed by atoms with van der Waals surface area (Å²) in [5, 5.41) is 15.4. The molecule has 198 valence electrons. The number of aromatic carboxylic acids is 1. The third-order valence-electron chi connectivity index (χ3n) is 7.78. The number of carboxylic acids is 1. The van der Waals surface area contributed by atoms with Gasteiger partial charge in [0.15, 0.2) is 11.5 Å². The molecule has 0 unspecified atom stereocenters. The second-order valence-electron chi connectivity index (χ2n) is 10.4. The Balaban J connectivity index is 1.55. The smallest absolute Gasteiger partial charge is 0.374 e. The first-order valence-corrected chi connectivity index (χ1v) is 13.3. The third kappa shape index (κ3) is 4.78. The number of methoxy groups -OCH3 is 1. The molecule has 2 N–H and O–H groups in total. The van der Waals surface area contributed by atoms with Gasteiger partial charge in [-0.05, 0) is 67.1 Å². The minimum atomic E-state index is -1.18. The first kappa shape index (κ1) is 24.9. The van der Waals surface area contributed by atoms with Crippen LogP contribution < -0.4 is 10.1 Å². The molecule has 1 saturated carbocycles. The molecule has 8 heteroatoms. The van der Waals surface area contributed by atoms with Gasteiger partial charge in [-0.3, -0.25) is 0 Å². The number of hydrogen-bond acceptors (Lipinski definition) is 6. The zero-order chi connectivity index (χ0) is 27.1. The molecule has 1 fully saturated rings. The fraction of sp³-hybridized carbons (Fsp3) is 0.290. The number of aromatic nitrogens is 4. The van der Waals surface area contributed by atoms with Crippen LogP contribution in [0.15, 0.2) is 60.7 Å². The summed E-state index contributed by atoms with van der Waals surface area (Å²) in [5.41, 5.74) is 4.27. The van der Waals surface area contributed by atoms with Gasteiger partial charge in [0.2, 0.25) is 5.82 Å². The highest BCUT2D eigenvalue weighted by Gasteiger charge is 2.27. The van der Waals surface area contributed by atoms with Gasteiger partial charge in [0.25, 0.3) is 0 Å². The van der Waals surface area contributed by atoms with Gasteiger partial charge in [-0.25, -0.2) is 19.7 Å². The number of carbonyl (C=O) groups is 1. The van der Waals surface area contributed by atoms with Crippen LogP contribution >= 0.6 is 0 Å². The van der Waals surface area contributed by atoms with Crippen molar-refractivity contribution in [1.82, 2.24) is 19.5 Å². The molecule has 0 spiro atoms. The molecule has 1 atom stereocenters. The number of rotatable bonds is 8. The molecule has 3 aromatic carbocycles. The number of aryl methyl sites for hydroxylation is 1. The highest BCUT2D eigenvalue weighted by molar-refractivity contribution is 5.93. The number of carboxylic acid groups (broad SMARTS) is 1. The molecule has 2 heterocycles. The number of fused-ring (bicyclic) bond motifs is 2. The molecule has 2 aromatic heterocycles. The number of nitrogens with one attached hydrogen (secondary N) is 1. The summed E-state index contributed by atoms with van der Waals surface area (Å²) in [4.78, 5) is 25.7. The van der Waals surface area contributed by atoms with E-state index in [1.807, 2.05) is 24.3 Å². The van der Waals surface area contributed by atoms with E-state index in [0.717, 1.165) is 40.5 Å². The summed E-state index contributed by atoms with van der Waals surface area (Å²) in [7, 11) is 1.66. The van der Waals surface area contributed by atoms with E-state index < -0.39 is 5.97 Å². The molecule has 0 aliphatic heterocycles. The Hall–Kier alpha value is -4.46. The van der Waals surface area contributed by atoms with Crippen molar-refractivity contribution in [3.05, 3.63) is 77.6 Å². The van der Waals surface area contributed by atoms with E-state index in [1.165, 1.54) is 12.0 Å². The lowest BCUT2D eigenvalue weighted by molar-refractivity contribution is 0.0684. The summed E-state index contributed by atoms with van der Waals surface area (Å²) in [6.45, 7) is 4.74. The van der Waals surface area contributed by atoms with Crippen LogP contribution in [0.5, 0.6) is 5.75 Å². The summed E-state index contributed by atoms with van der Waals surface area (Å²) < 4.78 is 7.49. The zero-order valence-electron chi connectivity index (χ0n) is 22.3. The van der Waals surface area contributed by atoms with Crippen molar-refractivity contribution in [3.8, 4) is 17.1 Å². The summed E-state index contributed by atoms with van der Waals surface area (Å²) >= 11 is 0. The normalized spacial score (nSPS) is 14.3. The lowest BCUT2D eigenvalue weighted by Crippen LogP contribution is -2.31. The minimum absolute atomic E-state index is 0.153. The van der Waals surface area contributed by atoms with Gasteiger partial charge in [-0.15, -0.1) is 0 Å². The molecule has 39 heavy (non-hydrogen) atoms. The Morgan fingerprint density at radius 3 is 2.49 bits per heavy atom. The monoisotopic (exact) mass is 521 g/mol. The second kappa shape index (κ2) is 10.0. The zero-order valence-corrected chi connectivity index (χ0v) is 22.3. The van der Waals surface area contributed by atoms with Crippen molar-refractivity contribution in [2.24, 2.45) is 5.92 Å². The van der Waals surface area contributed by atoms with Gasteiger partial charge in [0.05, 0.1) is 7.11 Å². The standard InChI is InChI=1S/C31H31N5O3/c1-18-7-9-20(10-8-18)17-36-26-27(32-19(2)21-5-4-6-21)33-29(31(37)38)34-28(26)35-30(36)24-12-11-23-16-25(39-3)14-13-22(23)15-24/h7-16,19,21H,4-6,17H2,1-3H3,(H,37,38)(H,32,33,34)/t19-/m1/s1. The highest BCUT2D eigenvalue weighted by atomic mass is 16.5. The van der Waals surface area contributed by atoms with E-state index in [2.05, 4.69) is 70.1 Å². The second-order valence-corrected chi connectivity index (χ2v) is 10.4. The van der Waals surface area contributed by atoms with Gasteiger partial charge in [0, 0.05) is 18.2 Å². The van der Waals surface area contributed by atoms with Crippen LogP contribution in [-0.2, 0) is 6.54 Å². The highest BCUT2D eigenvalue weighted by Crippen LogP contribution is 2.35. The average Bonchev–Trinajstić information content (AvgIpc) is 3.26. The Bertz CT molecular complexity index is 1690. The quantitative estimate of drug-likeness (QED) is 0.247. The molecule has 1 aliphatic rings. The summed E-state index contributed by atoms with van der Waals surface area (Å²) in [5.74, 6) is 1.12. The first-order valence-electron chi connectivity index (χ1n) is 13.3. The molecule has 8 nitrogen and oxygen atoms in total. The van der Waals surface area contributed by atoms with E-state index in [0.29, 0.717) is 35.3 Å². The number of benzene rings is 3. The van der Waals surface area contributed by atoms with E-state index in [4.69, 9.17) is 9.72 Å². The molecule has 5 aromatic rings. The van der Waals surface area contributed by atoms with E-state index in [1.54, 1.807) is 7.11 Å². The number of hydrogen-bond donors (Lipinski definition) is 2. The molecule has 6 rings (SSSR count). The minimum Gasteiger partial charge on any atom is -0.497 e. The molecular weight excluding hydrogens is 490 g/mol. The van der Waals surface area contributed by atoms with E-state index >= 15 is 0 Å². The lowest BCUT2D eigenvalue weighted by atomic mass is 9.80. The maximum absolute atomic E-state index is 12.0. The lowest BCUT2D eigenvalue weighted by Gasteiger charge is -2.32. The molecular formula is C31H31N5O3. The van der Waals surface area contributed by atoms with Crippen molar-refractivity contribution in [2.75, 3.05) is 12.4 Å². The van der Waals surface area contributed by atoms with Crippen molar-refractivity contribution < 1.29 is 14.6 Å². The maximum atomic E-state index is 12.0. The van der Waals surface area contributed by atoms with Crippen LogP contribution in [0.1, 0.15) is 47.9 Å².